The van der Waals surface area contributed by atoms with Gasteiger partial charge in [-0.1, -0.05) is 0 Å². The molecule has 0 bridgehead atoms. The van der Waals surface area contributed by atoms with Crippen LogP contribution in [-0.4, -0.2) is 25.3 Å². The Kier molecular flexibility index (Phi) is 2.73. The SMILES string of the molecule is COc1ccc(OC)c2c1CCC2C(=O)O. The predicted octanol–water partition coefficient (Wildman–Crippen LogP) is 1.82. The molecule has 1 N–H and O–H groups in total. The molecular formula is C12H14O4. The zero-order chi connectivity index (χ0) is 11.7. The highest BCUT2D eigenvalue weighted by atomic mass is 16.5. The molecule has 0 amide bonds. The molecule has 2 rings (SSSR count). The molecule has 86 valence electrons. The van der Waals surface area contributed by atoms with Crippen molar-refractivity contribution in [3.63, 3.8) is 0 Å². The molecule has 1 aliphatic carbocycles. The van der Waals surface area contributed by atoms with Crippen molar-refractivity contribution in [2.75, 3.05) is 14.2 Å². The molecule has 0 fully saturated rings. The molecule has 0 heterocycles. The van der Waals surface area contributed by atoms with Crippen molar-refractivity contribution in [1.82, 2.24) is 0 Å². The van der Waals surface area contributed by atoms with Gasteiger partial charge in [0.15, 0.2) is 0 Å². The Morgan fingerprint density at radius 1 is 1.31 bits per heavy atom. The normalized spacial score (nSPS) is 18.0. The summed E-state index contributed by atoms with van der Waals surface area (Å²) in [6, 6.07) is 3.58. The number of carbonyl (C=O) groups is 1. The van der Waals surface area contributed by atoms with Gasteiger partial charge in [-0.05, 0) is 25.0 Å². The summed E-state index contributed by atoms with van der Waals surface area (Å²) in [6.45, 7) is 0. The van der Waals surface area contributed by atoms with Gasteiger partial charge in [-0.25, -0.2) is 0 Å². The van der Waals surface area contributed by atoms with E-state index >= 15 is 0 Å². The van der Waals surface area contributed by atoms with Gasteiger partial charge in [-0.3, -0.25) is 4.79 Å². The quantitative estimate of drug-likeness (QED) is 0.847. The summed E-state index contributed by atoms with van der Waals surface area (Å²) in [4.78, 5) is 11.1. The third kappa shape index (κ3) is 1.50. The Morgan fingerprint density at radius 3 is 2.50 bits per heavy atom. The van der Waals surface area contributed by atoms with Crippen molar-refractivity contribution in [3.8, 4) is 11.5 Å². The van der Waals surface area contributed by atoms with Crippen molar-refractivity contribution in [3.05, 3.63) is 23.3 Å². The lowest BCUT2D eigenvalue weighted by Crippen LogP contribution is -2.09. The Labute approximate surface area is 93.8 Å². The van der Waals surface area contributed by atoms with Gasteiger partial charge in [0.05, 0.1) is 20.1 Å². The maximum Gasteiger partial charge on any atom is 0.311 e. The third-order valence-corrected chi connectivity index (χ3v) is 3.04. The Bertz CT molecular complexity index is 425. The summed E-state index contributed by atoms with van der Waals surface area (Å²) in [7, 11) is 3.15. The van der Waals surface area contributed by atoms with Crippen LogP contribution in [0.2, 0.25) is 0 Å². The third-order valence-electron chi connectivity index (χ3n) is 3.04. The lowest BCUT2D eigenvalue weighted by molar-refractivity contribution is -0.138. The van der Waals surface area contributed by atoms with Gasteiger partial charge in [-0.15, -0.1) is 0 Å². The van der Waals surface area contributed by atoms with Crippen molar-refractivity contribution in [2.24, 2.45) is 0 Å². The van der Waals surface area contributed by atoms with Gasteiger partial charge in [0, 0.05) is 11.1 Å². The van der Waals surface area contributed by atoms with Crippen molar-refractivity contribution in [2.45, 2.75) is 18.8 Å². The molecular weight excluding hydrogens is 208 g/mol. The second-order valence-corrected chi connectivity index (χ2v) is 3.79. The lowest BCUT2D eigenvalue weighted by Gasteiger charge is -2.13. The molecule has 1 aromatic rings. The molecule has 0 aromatic heterocycles. The minimum atomic E-state index is -0.801. The number of carboxylic acids is 1. The van der Waals surface area contributed by atoms with Crippen LogP contribution in [0.5, 0.6) is 11.5 Å². The topological polar surface area (TPSA) is 55.8 Å². The maximum absolute atomic E-state index is 11.1. The number of hydrogen-bond acceptors (Lipinski definition) is 3. The number of rotatable bonds is 3. The average Bonchev–Trinajstić information content (AvgIpc) is 2.72. The molecule has 0 aliphatic heterocycles. The van der Waals surface area contributed by atoms with Crippen LogP contribution >= 0.6 is 0 Å². The van der Waals surface area contributed by atoms with Crippen LogP contribution < -0.4 is 9.47 Å². The van der Waals surface area contributed by atoms with E-state index < -0.39 is 11.9 Å². The molecule has 0 radical (unpaired) electrons. The van der Waals surface area contributed by atoms with Crippen LogP contribution in [0.15, 0.2) is 12.1 Å². The van der Waals surface area contributed by atoms with Gasteiger partial charge in [0.1, 0.15) is 11.5 Å². The van der Waals surface area contributed by atoms with Crippen LogP contribution in [-0.2, 0) is 11.2 Å². The zero-order valence-electron chi connectivity index (χ0n) is 9.32. The van der Waals surface area contributed by atoms with Crippen LogP contribution in [0, 0.1) is 0 Å². The Morgan fingerprint density at radius 2 is 1.94 bits per heavy atom. The van der Waals surface area contributed by atoms with Crippen LogP contribution in [0.3, 0.4) is 0 Å². The first kappa shape index (κ1) is 10.8. The fraction of sp³-hybridized carbons (Fsp3) is 0.417. The second-order valence-electron chi connectivity index (χ2n) is 3.79. The summed E-state index contributed by atoms with van der Waals surface area (Å²) >= 11 is 0. The summed E-state index contributed by atoms with van der Waals surface area (Å²) in [5.41, 5.74) is 1.74. The number of hydrogen-bond donors (Lipinski definition) is 1. The van der Waals surface area contributed by atoms with Gasteiger partial charge >= 0.3 is 5.97 Å². The van der Waals surface area contributed by atoms with E-state index in [0.29, 0.717) is 12.2 Å². The first-order valence-corrected chi connectivity index (χ1v) is 5.15. The number of methoxy groups -OCH3 is 2. The monoisotopic (exact) mass is 222 g/mol. The zero-order valence-corrected chi connectivity index (χ0v) is 9.32. The molecule has 4 nitrogen and oxygen atoms in total. The van der Waals surface area contributed by atoms with Crippen LogP contribution in [0.1, 0.15) is 23.5 Å². The smallest absolute Gasteiger partial charge is 0.311 e. The van der Waals surface area contributed by atoms with Crippen LogP contribution in [0.4, 0.5) is 0 Å². The van der Waals surface area contributed by atoms with E-state index in [1.807, 2.05) is 6.07 Å². The number of benzene rings is 1. The van der Waals surface area contributed by atoms with E-state index in [9.17, 15) is 4.79 Å². The number of ether oxygens (including phenoxy) is 2. The fourth-order valence-electron chi connectivity index (χ4n) is 2.31. The highest BCUT2D eigenvalue weighted by Gasteiger charge is 2.33. The number of carboxylic acid groups (broad SMARTS) is 1. The van der Waals surface area contributed by atoms with Gasteiger partial charge < -0.3 is 14.6 Å². The summed E-state index contributed by atoms with van der Waals surface area (Å²) < 4.78 is 10.5. The molecule has 0 saturated carbocycles. The molecule has 4 heteroatoms. The van der Waals surface area contributed by atoms with Crippen LogP contribution in [0.25, 0.3) is 0 Å². The van der Waals surface area contributed by atoms with Crippen molar-refractivity contribution < 1.29 is 19.4 Å². The molecule has 1 aliphatic rings. The van der Waals surface area contributed by atoms with Crippen molar-refractivity contribution >= 4 is 5.97 Å². The van der Waals surface area contributed by atoms with E-state index in [1.165, 1.54) is 0 Å². The summed E-state index contributed by atoms with van der Waals surface area (Å²) in [6.07, 6.45) is 1.34. The van der Waals surface area contributed by atoms with Gasteiger partial charge in [0.25, 0.3) is 0 Å². The second kappa shape index (κ2) is 4.04. The van der Waals surface area contributed by atoms with E-state index in [-0.39, 0.29) is 0 Å². The maximum atomic E-state index is 11.1. The van der Waals surface area contributed by atoms with E-state index in [4.69, 9.17) is 14.6 Å². The van der Waals surface area contributed by atoms with Gasteiger partial charge in [0.2, 0.25) is 0 Å². The minimum Gasteiger partial charge on any atom is -0.496 e. The van der Waals surface area contributed by atoms with E-state index in [1.54, 1.807) is 20.3 Å². The first-order valence-electron chi connectivity index (χ1n) is 5.15. The highest BCUT2D eigenvalue weighted by molar-refractivity contribution is 5.80. The standard InChI is InChI=1S/C12H14O4/c1-15-9-5-6-10(16-2)11-7(9)3-4-8(11)12(13)14/h5-6,8H,3-4H2,1-2H3,(H,13,14). The molecule has 16 heavy (non-hydrogen) atoms. The van der Waals surface area contributed by atoms with Gasteiger partial charge in [-0.2, -0.15) is 0 Å². The lowest BCUT2D eigenvalue weighted by atomic mass is 10.00. The summed E-state index contributed by atoms with van der Waals surface area (Å²) in [5, 5.41) is 9.15. The average molecular weight is 222 g/mol. The van der Waals surface area contributed by atoms with Crippen molar-refractivity contribution in [1.29, 1.82) is 0 Å². The van der Waals surface area contributed by atoms with E-state index in [0.717, 1.165) is 23.3 Å². The molecule has 0 saturated heterocycles. The minimum absolute atomic E-state index is 0.472. The molecule has 0 spiro atoms. The first-order chi connectivity index (χ1) is 7.69. The number of fused-ring (bicyclic) bond motifs is 1. The molecule has 1 unspecified atom stereocenters. The number of aliphatic carboxylic acids is 1. The Balaban J connectivity index is 2.57. The highest BCUT2D eigenvalue weighted by Crippen LogP contribution is 2.43. The molecule has 1 atom stereocenters. The fourth-order valence-corrected chi connectivity index (χ4v) is 2.31. The summed E-state index contributed by atoms with van der Waals surface area (Å²) in [5.74, 6) is 0.116. The van der Waals surface area contributed by atoms with E-state index in [2.05, 4.69) is 0 Å². The molecule has 1 aromatic carbocycles. The Hall–Kier alpha value is -1.71. The largest absolute Gasteiger partial charge is 0.496 e. The predicted molar refractivity (Wildman–Crippen MR) is 58.2 cm³/mol.